The number of hydrazone groups is 1. The van der Waals surface area contributed by atoms with E-state index in [2.05, 4.69) is 27.4 Å². The van der Waals surface area contributed by atoms with Crippen LogP contribution in [0.3, 0.4) is 0 Å². The van der Waals surface area contributed by atoms with Gasteiger partial charge in [0.25, 0.3) is 11.5 Å². The molecule has 1 aliphatic carbocycles. The summed E-state index contributed by atoms with van der Waals surface area (Å²) >= 11 is 0. The van der Waals surface area contributed by atoms with E-state index in [0.717, 1.165) is 41.3 Å². The van der Waals surface area contributed by atoms with E-state index in [9.17, 15) is 14.7 Å². The highest BCUT2D eigenvalue weighted by molar-refractivity contribution is 6.02. The zero-order chi connectivity index (χ0) is 23.1. The Labute approximate surface area is 190 Å². The summed E-state index contributed by atoms with van der Waals surface area (Å²) in [7, 11) is 0. The molecule has 2 heterocycles. The van der Waals surface area contributed by atoms with Crippen LogP contribution in [0.15, 0.2) is 52.6 Å². The smallest absolute Gasteiger partial charge is 0.263 e. The minimum Gasteiger partial charge on any atom is -0.507 e. The lowest BCUT2D eigenvalue weighted by Crippen LogP contribution is -2.34. The summed E-state index contributed by atoms with van der Waals surface area (Å²) in [5, 5.41) is 16.6. The number of aromatic nitrogens is 3. The molecule has 1 aliphatic rings. The van der Waals surface area contributed by atoms with Gasteiger partial charge in [-0.05, 0) is 54.5 Å². The number of H-pyrrole nitrogens is 1. The highest BCUT2D eigenvalue weighted by atomic mass is 16.3. The number of amides is 1. The van der Waals surface area contributed by atoms with Crippen molar-refractivity contribution in [3.8, 4) is 5.75 Å². The van der Waals surface area contributed by atoms with Gasteiger partial charge in [0.15, 0.2) is 0 Å². The summed E-state index contributed by atoms with van der Waals surface area (Å²) in [6.45, 7) is 3.83. The van der Waals surface area contributed by atoms with Crippen molar-refractivity contribution in [2.45, 2.75) is 39.2 Å². The molecule has 168 valence electrons. The molecule has 0 aliphatic heterocycles. The Morgan fingerprint density at radius 2 is 2.15 bits per heavy atom. The number of nitrogens with one attached hydrogen (secondary N) is 2. The molecule has 8 heteroatoms. The van der Waals surface area contributed by atoms with E-state index in [-0.39, 0.29) is 11.3 Å². The lowest BCUT2D eigenvalue weighted by atomic mass is 9.88. The molecule has 4 aromatic rings. The lowest BCUT2D eigenvalue weighted by Gasteiger charge is -2.18. The van der Waals surface area contributed by atoms with Gasteiger partial charge in [0, 0.05) is 11.3 Å². The molecule has 0 saturated heterocycles. The van der Waals surface area contributed by atoms with Gasteiger partial charge in [-0.1, -0.05) is 37.3 Å². The minimum absolute atomic E-state index is 0.0668. The van der Waals surface area contributed by atoms with Crippen LogP contribution < -0.4 is 11.0 Å². The number of rotatable bonds is 4. The van der Waals surface area contributed by atoms with Crippen LogP contribution >= 0.6 is 0 Å². The van der Waals surface area contributed by atoms with E-state index in [1.807, 2.05) is 30.3 Å². The number of benzene rings is 2. The first-order chi connectivity index (χ1) is 15.9. The molecule has 3 N–H and O–H groups in total. The number of aromatic hydroxyl groups is 1. The summed E-state index contributed by atoms with van der Waals surface area (Å²) in [5.41, 5.74) is 5.43. The maximum atomic E-state index is 13.2. The van der Waals surface area contributed by atoms with Gasteiger partial charge in [0.05, 0.1) is 11.6 Å². The van der Waals surface area contributed by atoms with Crippen LogP contribution in [-0.2, 0) is 17.6 Å². The largest absolute Gasteiger partial charge is 0.507 e. The average molecular weight is 444 g/mol. The van der Waals surface area contributed by atoms with Crippen LogP contribution in [0.4, 0.5) is 0 Å². The fraction of sp³-hybridized carbons (Fsp3) is 0.280. The van der Waals surface area contributed by atoms with Crippen LogP contribution in [0, 0.1) is 5.92 Å². The number of hydrogen-bond acceptors (Lipinski definition) is 5. The normalized spacial score (nSPS) is 16.8. The fourth-order valence-electron chi connectivity index (χ4n) is 4.57. The van der Waals surface area contributed by atoms with E-state index < -0.39 is 11.9 Å². The number of phenolic OH excluding ortho intramolecular Hbond substituents is 1. The Kier molecular flexibility index (Phi) is 5.20. The fourth-order valence-corrected chi connectivity index (χ4v) is 4.57. The average Bonchev–Trinajstić information content (AvgIpc) is 3.18. The van der Waals surface area contributed by atoms with Crippen molar-refractivity contribution >= 4 is 33.9 Å². The monoisotopic (exact) mass is 443 g/mol. The second kappa shape index (κ2) is 8.20. The maximum Gasteiger partial charge on any atom is 0.263 e. The first-order valence-electron chi connectivity index (χ1n) is 11.1. The summed E-state index contributed by atoms with van der Waals surface area (Å²) < 4.78 is 1.34. The predicted molar refractivity (Wildman–Crippen MR) is 128 cm³/mol. The third-order valence-corrected chi connectivity index (χ3v) is 6.48. The van der Waals surface area contributed by atoms with Crippen molar-refractivity contribution in [1.29, 1.82) is 0 Å². The molecule has 0 fully saturated rings. The number of hydrogen-bond donors (Lipinski definition) is 3. The molecular weight excluding hydrogens is 418 g/mol. The highest BCUT2D eigenvalue weighted by Gasteiger charge is 2.24. The minimum atomic E-state index is -0.805. The molecule has 5 rings (SSSR count). The van der Waals surface area contributed by atoms with E-state index in [1.54, 1.807) is 13.0 Å². The lowest BCUT2D eigenvalue weighted by molar-refractivity contribution is -0.123. The number of phenols is 1. The molecule has 0 radical (unpaired) electrons. The van der Waals surface area contributed by atoms with Crippen molar-refractivity contribution < 1.29 is 9.90 Å². The highest BCUT2D eigenvalue weighted by Crippen LogP contribution is 2.29. The van der Waals surface area contributed by atoms with Crippen LogP contribution in [0.25, 0.3) is 21.8 Å². The summed E-state index contributed by atoms with van der Waals surface area (Å²) in [6.07, 6.45) is 5.57. The summed E-state index contributed by atoms with van der Waals surface area (Å²) in [4.78, 5) is 33.7. The van der Waals surface area contributed by atoms with Crippen molar-refractivity contribution in [2.75, 3.05) is 0 Å². The number of fused-ring (bicyclic) bond motifs is 4. The standard InChI is InChI=1S/C25H25N5O3/c1-14-7-9-18-20(11-14)28-23-22(18)25(33)30(13-26-23)15(2)24(32)29-27-12-19-17-6-4-3-5-16(17)8-10-21(19)31/h3-6,8,10,12-15,28,31H,7,9,11H2,1-2H3,(H,29,32)/b27-12+. The topological polar surface area (TPSA) is 112 Å². The zero-order valence-corrected chi connectivity index (χ0v) is 18.5. The van der Waals surface area contributed by atoms with Gasteiger partial charge in [-0.3, -0.25) is 14.2 Å². The molecule has 2 unspecified atom stereocenters. The second-order valence-electron chi connectivity index (χ2n) is 8.74. The molecule has 0 spiro atoms. The van der Waals surface area contributed by atoms with Crippen molar-refractivity contribution in [1.82, 2.24) is 20.0 Å². The summed E-state index contributed by atoms with van der Waals surface area (Å²) in [6, 6.07) is 10.2. The molecule has 2 aromatic heterocycles. The molecule has 33 heavy (non-hydrogen) atoms. The Balaban J connectivity index is 1.40. The molecule has 0 saturated carbocycles. The van der Waals surface area contributed by atoms with Crippen LogP contribution in [0.5, 0.6) is 5.75 Å². The number of carbonyl (C=O) groups is 1. The summed E-state index contributed by atoms with van der Waals surface area (Å²) in [5.74, 6) is 0.181. The molecule has 2 aromatic carbocycles. The van der Waals surface area contributed by atoms with Gasteiger partial charge < -0.3 is 10.1 Å². The van der Waals surface area contributed by atoms with Gasteiger partial charge in [0.2, 0.25) is 0 Å². The van der Waals surface area contributed by atoms with Gasteiger partial charge >= 0.3 is 0 Å². The molecule has 8 nitrogen and oxygen atoms in total. The van der Waals surface area contributed by atoms with Gasteiger partial charge in [-0.2, -0.15) is 5.10 Å². The number of carbonyl (C=O) groups excluding carboxylic acids is 1. The Morgan fingerprint density at radius 1 is 1.33 bits per heavy atom. The molecule has 0 bridgehead atoms. The quantitative estimate of drug-likeness (QED) is 0.331. The van der Waals surface area contributed by atoms with Crippen molar-refractivity contribution in [3.05, 3.63) is 69.9 Å². The first-order valence-corrected chi connectivity index (χ1v) is 11.1. The van der Waals surface area contributed by atoms with Crippen LogP contribution in [0.2, 0.25) is 0 Å². The maximum absolute atomic E-state index is 13.2. The van der Waals surface area contributed by atoms with Crippen LogP contribution in [0.1, 0.15) is 43.1 Å². The van der Waals surface area contributed by atoms with E-state index in [1.165, 1.54) is 17.1 Å². The Morgan fingerprint density at radius 3 is 3.00 bits per heavy atom. The third kappa shape index (κ3) is 3.67. The SMILES string of the molecule is CC1CCc2c([nH]c3ncn(C(C)C(=O)N/N=C/c4c(O)ccc5ccccc45)c(=O)c23)C1. The Hall–Kier alpha value is -3.94. The molecule has 1 amide bonds. The number of nitrogens with zero attached hydrogens (tertiary/aromatic N) is 3. The van der Waals surface area contributed by atoms with Crippen molar-refractivity contribution in [2.24, 2.45) is 11.0 Å². The van der Waals surface area contributed by atoms with E-state index in [4.69, 9.17) is 0 Å². The van der Waals surface area contributed by atoms with Crippen molar-refractivity contribution in [3.63, 3.8) is 0 Å². The van der Waals surface area contributed by atoms with Gasteiger partial charge in [0.1, 0.15) is 23.8 Å². The third-order valence-electron chi connectivity index (χ3n) is 6.48. The number of aromatic amines is 1. The van der Waals surface area contributed by atoms with Crippen LogP contribution in [-0.4, -0.2) is 31.8 Å². The van der Waals surface area contributed by atoms with Gasteiger partial charge in [-0.15, -0.1) is 0 Å². The Bertz CT molecular complexity index is 1470. The number of aryl methyl sites for hydroxylation is 1. The molecule has 2 atom stereocenters. The first kappa shape index (κ1) is 20.9. The second-order valence-corrected chi connectivity index (χ2v) is 8.74. The predicted octanol–water partition coefficient (Wildman–Crippen LogP) is 3.42. The van der Waals surface area contributed by atoms with E-state index in [0.29, 0.717) is 22.5 Å². The van der Waals surface area contributed by atoms with Gasteiger partial charge in [-0.25, -0.2) is 10.4 Å². The van der Waals surface area contributed by atoms with E-state index >= 15 is 0 Å². The molecular formula is C25H25N5O3. The zero-order valence-electron chi connectivity index (χ0n) is 18.5.